The smallest absolute Gasteiger partial charge is 0.137 e. The van der Waals surface area contributed by atoms with Gasteiger partial charge in [-0.2, -0.15) is 11.3 Å². The largest absolute Gasteiger partial charge is 0.484 e. The standard InChI is InChI=1S/C16H14BrNOS/c17-14-3-1-12-8-15(4-2-11(12)7-14)19-16(9-18)13-5-6-20-10-13/h1-8,10,16H,9,18H2. The summed E-state index contributed by atoms with van der Waals surface area (Å²) in [6.45, 7) is 0.467. The van der Waals surface area contributed by atoms with E-state index in [0.717, 1.165) is 21.2 Å². The van der Waals surface area contributed by atoms with Crippen molar-refractivity contribution in [1.82, 2.24) is 0 Å². The number of hydrogen-bond donors (Lipinski definition) is 1. The van der Waals surface area contributed by atoms with Gasteiger partial charge < -0.3 is 10.5 Å². The van der Waals surface area contributed by atoms with Gasteiger partial charge in [-0.05, 0) is 51.9 Å². The summed E-state index contributed by atoms with van der Waals surface area (Å²) < 4.78 is 7.10. The lowest BCUT2D eigenvalue weighted by atomic mass is 10.1. The molecule has 20 heavy (non-hydrogen) atoms. The van der Waals surface area contributed by atoms with Crippen molar-refractivity contribution in [2.75, 3.05) is 6.54 Å². The lowest BCUT2D eigenvalue weighted by Crippen LogP contribution is -2.17. The monoisotopic (exact) mass is 347 g/mol. The molecule has 0 aliphatic heterocycles. The Morgan fingerprint density at radius 1 is 1.10 bits per heavy atom. The number of fused-ring (bicyclic) bond motifs is 1. The van der Waals surface area contributed by atoms with Crippen LogP contribution in [0.2, 0.25) is 0 Å². The van der Waals surface area contributed by atoms with E-state index in [-0.39, 0.29) is 6.10 Å². The van der Waals surface area contributed by atoms with Gasteiger partial charge in [0.15, 0.2) is 0 Å². The van der Waals surface area contributed by atoms with Gasteiger partial charge >= 0.3 is 0 Å². The van der Waals surface area contributed by atoms with Gasteiger partial charge in [-0.3, -0.25) is 0 Å². The Hall–Kier alpha value is -1.36. The summed E-state index contributed by atoms with van der Waals surface area (Å²) in [6, 6.07) is 14.4. The summed E-state index contributed by atoms with van der Waals surface area (Å²) >= 11 is 5.14. The molecule has 0 aliphatic rings. The SMILES string of the molecule is NCC(Oc1ccc2cc(Br)ccc2c1)c1ccsc1. The number of hydrogen-bond acceptors (Lipinski definition) is 3. The molecule has 3 rings (SSSR count). The van der Waals surface area contributed by atoms with Crippen molar-refractivity contribution in [2.45, 2.75) is 6.10 Å². The third-order valence-electron chi connectivity index (χ3n) is 3.18. The zero-order valence-electron chi connectivity index (χ0n) is 10.8. The Balaban J connectivity index is 1.88. The molecule has 4 heteroatoms. The average molecular weight is 348 g/mol. The van der Waals surface area contributed by atoms with Crippen LogP contribution in [0, 0.1) is 0 Å². The van der Waals surface area contributed by atoms with Gasteiger partial charge in [0.05, 0.1) is 0 Å². The number of thiophene rings is 1. The van der Waals surface area contributed by atoms with Gasteiger partial charge in [0.1, 0.15) is 11.9 Å². The highest BCUT2D eigenvalue weighted by Crippen LogP contribution is 2.27. The fraction of sp³-hybridized carbons (Fsp3) is 0.125. The van der Waals surface area contributed by atoms with Crippen LogP contribution in [0.15, 0.2) is 57.7 Å². The summed E-state index contributed by atoms with van der Waals surface area (Å²) in [5.74, 6) is 0.849. The van der Waals surface area contributed by atoms with Crippen molar-refractivity contribution in [3.63, 3.8) is 0 Å². The topological polar surface area (TPSA) is 35.2 Å². The van der Waals surface area contributed by atoms with Crippen molar-refractivity contribution in [3.05, 3.63) is 63.3 Å². The van der Waals surface area contributed by atoms with Gasteiger partial charge in [-0.15, -0.1) is 0 Å². The van der Waals surface area contributed by atoms with Crippen molar-refractivity contribution in [3.8, 4) is 5.75 Å². The Kier molecular flexibility index (Phi) is 4.05. The molecule has 0 bridgehead atoms. The van der Waals surface area contributed by atoms with E-state index in [1.165, 1.54) is 5.39 Å². The normalized spacial score (nSPS) is 12.5. The molecular weight excluding hydrogens is 334 g/mol. The van der Waals surface area contributed by atoms with E-state index in [0.29, 0.717) is 6.54 Å². The third kappa shape index (κ3) is 2.87. The van der Waals surface area contributed by atoms with Crippen molar-refractivity contribution < 1.29 is 4.74 Å². The van der Waals surface area contributed by atoms with E-state index in [2.05, 4.69) is 51.6 Å². The average Bonchev–Trinajstić information content (AvgIpc) is 2.99. The van der Waals surface area contributed by atoms with Crippen LogP contribution in [0.4, 0.5) is 0 Å². The van der Waals surface area contributed by atoms with E-state index < -0.39 is 0 Å². The molecule has 2 aromatic carbocycles. The van der Waals surface area contributed by atoms with Crippen LogP contribution in [0.3, 0.4) is 0 Å². The molecule has 0 fully saturated rings. The van der Waals surface area contributed by atoms with Crippen LogP contribution < -0.4 is 10.5 Å². The molecule has 2 N–H and O–H groups in total. The van der Waals surface area contributed by atoms with E-state index in [1.807, 2.05) is 17.5 Å². The van der Waals surface area contributed by atoms with Gasteiger partial charge in [0.2, 0.25) is 0 Å². The lowest BCUT2D eigenvalue weighted by molar-refractivity contribution is 0.215. The Bertz CT molecular complexity index is 712. The number of rotatable bonds is 4. The van der Waals surface area contributed by atoms with Crippen molar-refractivity contribution >= 4 is 38.0 Å². The fourth-order valence-electron chi connectivity index (χ4n) is 2.14. The fourth-order valence-corrected chi connectivity index (χ4v) is 3.22. The second-order valence-corrected chi connectivity index (χ2v) is 6.25. The molecule has 1 aromatic heterocycles. The summed E-state index contributed by atoms with van der Waals surface area (Å²) in [4.78, 5) is 0. The molecule has 1 atom stereocenters. The zero-order chi connectivity index (χ0) is 13.9. The predicted molar refractivity (Wildman–Crippen MR) is 88.4 cm³/mol. The van der Waals surface area contributed by atoms with Crippen LogP contribution in [-0.4, -0.2) is 6.54 Å². The molecule has 102 valence electrons. The van der Waals surface area contributed by atoms with E-state index in [9.17, 15) is 0 Å². The van der Waals surface area contributed by atoms with Gasteiger partial charge in [-0.1, -0.05) is 28.1 Å². The first-order valence-electron chi connectivity index (χ1n) is 6.34. The minimum absolute atomic E-state index is 0.0888. The van der Waals surface area contributed by atoms with Crippen LogP contribution in [0.25, 0.3) is 10.8 Å². The molecular formula is C16H14BrNOS. The second-order valence-electron chi connectivity index (χ2n) is 4.55. The van der Waals surface area contributed by atoms with Crippen LogP contribution in [-0.2, 0) is 0 Å². The maximum atomic E-state index is 6.02. The highest BCUT2D eigenvalue weighted by Gasteiger charge is 2.12. The molecule has 3 aromatic rings. The minimum Gasteiger partial charge on any atom is -0.484 e. The summed E-state index contributed by atoms with van der Waals surface area (Å²) in [6.07, 6.45) is -0.0888. The van der Waals surface area contributed by atoms with Gasteiger partial charge in [0, 0.05) is 16.6 Å². The highest BCUT2D eigenvalue weighted by atomic mass is 79.9. The molecule has 0 spiro atoms. The molecule has 1 heterocycles. The molecule has 0 aliphatic carbocycles. The van der Waals surface area contributed by atoms with Crippen LogP contribution in [0.1, 0.15) is 11.7 Å². The van der Waals surface area contributed by atoms with Gasteiger partial charge in [0.25, 0.3) is 0 Å². The molecule has 0 saturated heterocycles. The number of benzene rings is 2. The zero-order valence-corrected chi connectivity index (χ0v) is 13.2. The predicted octanol–water partition coefficient (Wildman–Crippen LogP) is 4.74. The van der Waals surface area contributed by atoms with Crippen LogP contribution >= 0.6 is 27.3 Å². The van der Waals surface area contributed by atoms with Crippen molar-refractivity contribution in [2.24, 2.45) is 5.73 Å². The Labute approximate surface area is 130 Å². The summed E-state index contributed by atoms with van der Waals surface area (Å²) in [5, 5.41) is 6.47. The Morgan fingerprint density at radius 2 is 1.90 bits per heavy atom. The lowest BCUT2D eigenvalue weighted by Gasteiger charge is -2.16. The highest BCUT2D eigenvalue weighted by molar-refractivity contribution is 9.10. The first-order chi connectivity index (χ1) is 9.76. The number of ether oxygens (including phenoxy) is 1. The molecule has 1 unspecified atom stereocenters. The van der Waals surface area contributed by atoms with E-state index >= 15 is 0 Å². The first kappa shape index (κ1) is 13.6. The maximum absolute atomic E-state index is 6.02. The molecule has 2 nitrogen and oxygen atoms in total. The quantitative estimate of drug-likeness (QED) is 0.739. The third-order valence-corrected chi connectivity index (χ3v) is 4.38. The molecule has 0 saturated carbocycles. The first-order valence-corrected chi connectivity index (χ1v) is 8.08. The number of halogens is 1. The summed E-state index contributed by atoms with van der Waals surface area (Å²) in [5.41, 5.74) is 6.95. The second kappa shape index (κ2) is 5.95. The minimum atomic E-state index is -0.0888. The van der Waals surface area contributed by atoms with E-state index in [4.69, 9.17) is 10.5 Å². The van der Waals surface area contributed by atoms with Gasteiger partial charge in [-0.25, -0.2) is 0 Å². The molecule has 0 amide bonds. The number of nitrogens with two attached hydrogens (primary N) is 1. The summed E-state index contributed by atoms with van der Waals surface area (Å²) in [7, 11) is 0. The van der Waals surface area contributed by atoms with Crippen LogP contribution in [0.5, 0.6) is 5.75 Å². The van der Waals surface area contributed by atoms with Crippen molar-refractivity contribution in [1.29, 1.82) is 0 Å². The van der Waals surface area contributed by atoms with E-state index in [1.54, 1.807) is 11.3 Å². The maximum Gasteiger partial charge on any atom is 0.137 e. The Morgan fingerprint density at radius 3 is 2.65 bits per heavy atom. The molecule has 0 radical (unpaired) electrons.